The average molecular weight is 618 g/mol. The lowest BCUT2D eigenvalue weighted by Gasteiger charge is -2.09. The number of hydrogen-bond donors (Lipinski definition) is 5. The molecular weight excluding hydrogens is 586 g/mol. The molecule has 2 heterocycles. The fourth-order valence-corrected chi connectivity index (χ4v) is 4.75. The largest absolute Gasteiger partial charge is 0.508 e. The van der Waals surface area contributed by atoms with Crippen LogP contribution >= 0.6 is 11.6 Å². The van der Waals surface area contributed by atoms with Crippen molar-refractivity contribution in [2.75, 3.05) is 16.4 Å². The molecule has 6 rings (SSSR count). The van der Waals surface area contributed by atoms with Gasteiger partial charge in [0, 0.05) is 39.9 Å². The highest BCUT2D eigenvalue weighted by Crippen LogP contribution is 2.28. The second kappa shape index (κ2) is 13.7. The van der Waals surface area contributed by atoms with Gasteiger partial charge in [-0.25, -0.2) is 19.9 Å². The van der Waals surface area contributed by atoms with Crippen LogP contribution in [-0.4, -0.2) is 30.1 Å². The average Bonchev–Trinajstić information content (AvgIpc) is 3.00. The normalized spacial score (nSPS) is 10.5. The maximum atomic E-state index is 9.65. The van der Waals surface area contributed by atoms with Gasteiger partial charge in [0.1, 0.15) is 11.5 Å². The Morgan fingerprint density at radius 3 is 1.78 bits per heavy atom. The number of rotatable bonds is 6. The molecule has 0 unspecified atom stereocenters. The van der Waals surface area contributed by atoms with Crippen LogP contribution in [0.15, 0.2) is 103 Å². The van der Waals surface area contributed by atoms with Gasteiger partial charge in [-0.1, -0.05) is 23.7 Å². The first-order chi connectivity index (χ1) is 21.6. The summed E-state index contributed by atoms with van der Waals surface area (Å²) in [4.78, 5) is 17.5. The second-order valence-electron chi connectivity index (χ2n) is 10.4. The zero-order valence-electron chi connectivity index (χ0n) is 25.0. The summed E-state index contributed by atoms with van der Waals surface area (Å²) < 4.78 is 0. The van der Waals surface area contributed by atoms with Crippen LogP contribution in [0.1, 0.15) is 16.7 Å². The molecule has 10 heteroatoms. The Bertz CT molecular complexity index is 1950. The fourth-order valence-electron chi connectivity index (χ4n) is 4.56. The first-order valence-electron chi connectivity index (χ1n) is 14.1. The summed E-state index contributed by atoms with van der Waals surface area (Å²) in [5, 5.41) is 26.1. The van der Waals surface area contributed by atoms with Crippen molar-refractivity contribution in [3.05, 3.63) is 125 Å². The number of phenols is 2. The summed E-state index contributed by atoms with van der Waals surface area (Å²) in [6.07, 6.45) is 3.38. The van der Waals surface area contributed by atoms with Crippen molar-refractivity contribution in [3.8, 4) is 34.0 Å². The van der Waals surface area contributed by atoms with E-state index in [-0.39, 0.29) is 11.5 Å². The van der Waals surface area contributed by atoms with Gasteiger partial charge < -0.3 is 26.6 Å². The Balaban J connectivity index is 0.000000178. The van der Waals surface area contributed by atoms with E-state index in [0.717, 1.165) is 33.8 Å². The van der Waals surface area contributed by atoms with Crippen LogP contribution in [0, 0.1) is 20.8 Å². The molecule has 0 fully saturated rings. The van der Waals surface area contributed by atoms with E-state index >= 15 is 0 Å². The predicted molar refractivity (Wildman–Crippen MR) is 181 cm³/mol. The Hall–Kier alpha value is -5.67. The number of benzene rings is 4. The standard InChI is InChI=1S/C19H19N3O.C16H13ClN4O/c1-12-8-13(2)10-16(9-12)21-19-20-7-6-17(22-19)15-4-5-18(23)14(3)11-15;17-11-2-1-3-12(9-11)20-16-19-7-6-14(21-16)10-4-5-15(22)13(18)8-10/h4-11,23H,1-3H3,(H,20,21,22);1-9,22H,18H2,(H,19,20,21). The third-order valence-corrected chi connectivity index (χ3v) is 6.92. The van der Waals surface area contributed by atoms with Crippen molar-refractivity contribution in [2.24, 2.45) is 0 Å². The molecule has 0 bridgehead atoms. The number of aryl methyl sites for hydroxylation is 3. The third kappa shape index (κ3) is 8.25. The topological polar surface area (TPSA) is 142 Å². The van der Waals surface area contributed by atoms with E-state index in [4.69, 9.17) is 17.3 Å². The summed E-state index contributed by atoms with van der Waals surface area (Å²) >= 11 is 5.95. The number of hydrogen-bond acceptors (Lipinski definition) is 9. The molecule has 0 atom stereocenters. The zero-order valence-corrected chi connectivity index (χ0v) is 25.7. The van der Waals surface area contributed by atoms with Crippen LogP contribution in [0.3, 0.4) is 0 Å². The molecule has 0 spiro atoms. The number of nitrogens with one attached hydrogen (secondary N) is 2. The molecule has 0 radical (unpaired) electrons. The molecule has 6 aromatic rings. The smallest absolute Gasteiger partial charge is 0.227 e. The summed E-state index contributed by atoms with van der Waals surface area (Å²) in [7, 11) is 0. The lowest BCUT2D eigenvalue weighted by atomic mass is 10.1. The van der Waals surface area contributed by atoms with Gasteiger partial charge in [0.2, 0.25) is 11.9 Å². The van der Waals surface area contributed by atoms with Gasteiger partial charge in [-0.15, -0.1) is 0 Å². The molecule has 6 N–H and O–H groups in total. The van der Waals surface area contributed by atoms with Crippen LogP contribution in [0.25, 0.3) is 22.5 Å². The van der Waals surface area contributed by atoms with Crippen molar-refractivity contribution >= 4 is 40.6 Å². The van der Waals surface area contributed by atoms with Gasteiger partial charge in [0.05, 0.1) is 17.1 Å². The molecule has 4 aromatic carbocycles. The summed E-state index contributed by atoms with van der Waals surface area (Å²) in [5.41, 5.74) is 14.3. The molecule has 0 aliphatic rings. The number of anilines is 5. The lowest BCUT2D eigenvalue weighted by molar-refractivity contribution is 0.471. The Labute approximate surface area is 266 Å². The van der Waals surface area contributed by atoms with E-state index in [1.54, 1.807) is 48.8 Å². The Kier molecular flexibility index (Phi) is 9.40. The lowest BCUT2D eigenvalue weighted by Crippen LogP contribution is -1.98. The Morgan fingerprint density at radius 2 is 1.20 bits per heavy atom. The molecule has 0 aliphatic carbocycles. The third-order valence-electron chi connectivity index (χ3n) is 6.69. The minimum absolute atomic E-state index is 0.0510. The van der Waals surface area contributed by atoms with Gasteiger partial charge in [-0.2, -0.15) is 0 Å². The maximum Gasteiger partial charge on any atom is 0.227 e. The SMILES string of the molecule is Cc1cc(C)cc(Nc2nccc(-c3ccc(O)c(C)c3)n2)c1.Nc1cc(-c2ccnc(Nc3cccc(Cl)c3)n2)ccc1O. The van der Waals surface area contributed by atoms with E-state index in [9.17, 15) is 10.2 Å². The number of nitrogens with two attached hydrogens (primary N) is 1. The summed E-state index contributed by atoms with van der Waals surface area (Å²) in [5.74, 6) is 1.34. The molecule has 9 nitrogen and oxygen atoms in total. The molecule has 45 heavy (non-hydrogen) atoms. The number of aromatic hydroxyl groups is 2. The van der Waals surface area contributed by atoms with Crippen molar-refractivity contribution in [1.29, 1.82) is 0 Å². The van der Waals surface area contributed by atoms with Gasteiger partial charge in [0.15, 0.2) is 0 Å². The van der Waals surface area contributed by atoms with E-state index in [0.29, 0.717) is 28.3 Å². The predicted octanol–water partition coefficient (Wildman–Crippen LogP) is 8.35. The van der Waals surface area contributed by atoms with Crippen LogP contribution in [0.4, 0.5) is 29.0 Å². The number of aromatic nitrogens is 4. The first kappa shape index (κ1) is 30.8. The molecule has 0 amide bonds. The van der Waals surface area contributed by atoms with Crippen LogP contribution in [0.2, 0.25) is 5.02 Å². The number of phenolic OH excluding ortho intramolecular Hbond substituents is 2. The molecule has 0 saturated carbocycles. The zero-order chi connectivity index (χ0) is 31.9. The highest BCUT2D eigenvalue weighted by molar-refractivity contribution is 6.30. The second-order valence-corrected chi connectivity index (χ2v) is 10.9. The van der Waals surface area contributed by atoms with Gasteiger partial charge >= 0.3 is 0 Å². The van der Waals surface area contributed by atoms with Gasteiger partial charge in [-0.05, 0) is 116 Å². The monoisotopic (exact) mass is 617 g/mol. The number of nitrogens with zero attached hydrogens (tertiary/aromatic N) is 4. The molecule has 0 aliphatic heterocycles. The van der Waals surface area contributed by atoms with Crippen LogP contribution < -0.4 is 16.4 Å². The number of nitrogen functional groups attached to an aromatic ring is 1. The molecule has 226 valence electrons. The van der Waals surface area contributed by atoms with Crippen molar-refractivity contribution in [3.63, 3.8) is 0 Å². The minimum atomic E-state index is 0.0510. The van der Waals surface area contributed by atoms with Crippen molar-refractivity contribution in [2.45, 2.75) is 20.8 Å². The fraction of sp³-hybridized carbons (Fsp3) is 0.0857. The summed E-state index contributed by atoms with van der Waals surface area (Å²) in [6.45, 7) is 6.00. The maximum absolute atomic E-state index is 9.65. The van der Waals surface area contributed by atoms with E-state index in [1.165, 1.54) is 17.2 Å². The summed E-state index contributed by atoms with van der Waals surface area (Å²) in [6, 6.07) is 27.6. The van der Waals surface area contributed by atoms with Gasteiger partial charge in [-0.3, -0.25) is 0 Å². The highest BCUT2D eigenvalue weighted by Gasteiger charge is 2.07. The van der Waals surface area contributed by atoms with E-state index < -0.39 is 0 Å². The van der Waals surface area contributed by atoms with Crippen LogP contribution in [0.5, 0.6) is 11.5 Å². The first-order valence-corrected chi connectivity index (χ1v) is 14.4. The molecular formula is C35H32ClN7O2. The van der Waals surface area contributed by atoms with Crippen molar-refractivity contribution in [1.82, 2.24) is 19.9 Å². The van der Waals surface area contributed by atoms with E-state index in [1.807, 2.05) is 37.3 Å². The number of halogens is 1. The van der Waals surface area contributed by atoms with Crippen molar-refractivity contribution < 1.29 is 10.2 Å². The van der Waals surface area contributed by atoms with Gasteiger partial charge in [0.25, 0.3) is 0 Å². The molecule has 2 aromatic heterocycles. The Morgan fingerprint density at radius 1 is 0.622 bits per heavy atom. The molecule has 0 saturated heterocycles. The quantitative estimate of drug-likeness (QED) is 0.0920. The highest BCUT2D eigenvalue weighted by atomic mass is 35.5. The van der Waals surface area contributed by atoms with Crippen LogP contribution in [-0.2, 0) is 0 Å². The van der Waals surface area contributed by atoms with E-state index in [2.05, 4.69) is 62.6 Å². The minimum Gasteiger partial charge on any atom is -0.508 e.